The highest BCUT2D eigenvalue weighted by molar-refractivity contribution is 5.74. The molecule has 0 amide bonds. The SMILES string of the molecule is COC(=O)C(F)CCCOC(C)(C)O. The van der Waals surface area contributed by atoms with Gasteiger partial charge in [0.2, 0.25) is 0 Å². The minimum absolute atomic E-state index is 0.0444. The Morgan fingerprint density at radius 3 is 2.57 bits per heavy atom. The van der Waals surface area contributed by atoms with Gasteiger partial charge in [0.25, 0.3) is 0 Å². The van der Waals surface area contributed by atoms with Crippen molar-refractivity contribution >= 4 is 5.97 Å². The highest BCUT2D eigenvalue weighted by atomic mass is 19.1. The van der Waals surface area contributed by atoms with Gasteiger partial charge < -0.3 is 14.6 Å². The molecular formula is C9H17FO4. The molecule has 84 valence electrons. The number of halogens is 1. The molecule has 4 nitrogen and oxygen atoms in total. The highest BCUT2D eigenvalue weighted by Crippen LogP contribution is 2.08. The molecule has 0 saturated carbocycles. The van der Waals surface area contributed by atoms with E-state index < -0.39 is 17.9 Å². The molecule has 0 aromatic rings. The number of aliphatic hydroxyl groups is 1. The lowest BCUT2D eigenvalue weighted by atomic mass is 10.2. The Labute approximate surface area is 83.0 Å². The van der Waals surface area contributed by atoms with Crippen molar-refractivity contribution < 1.29 is 23.8 Å². The molecule has 0 aromatic heterocycles. The molecule has 0 saturated heterocycles. The van der Waals surface area contributed by atoms with Crippen LogP contribution in [0.25, 0.3) is 0 Å². The largest absolute Gasteiger partial charge is 0.467 e. The summed E-state index contributed by atoms with van der Waals surface area (Å²) >= 11 is 0. The van der Waals surface area contributed by atoms with Gasteiger partial charge in [0.05, 0.1) is 13.7 Å². The average molecular weight is 208 g/mol. The van der Waals surface area contributed by atoms with Gasteiger partial charge in [0, 0.05) is 0 Å². The van der Waals surface area contributed by atoms with Crippen LogP contribution in [0.2, 0.25) is 0 Å². The number of methoxy groups -OCH3 is 1. The van der Waals surface area contributed by atoms with Crippen LogP contribution in [-0.4, -0.2) is 36.8 Å². The smallest absolute Gasteiger partial charge is 0.340 e. The van der Waals surface area contributed by atoms with E-state index in [-0.39, 0.29) is 13.0 Å². The normalized spacial score (nSPS) is 13.8. The van der Waals surface area contributed by atoms with E-state index in [0.29, 0.717) is 6.42 Å². The van der Waals surface area contributed by atoms with Crippen LogP contribution in [0.15, 0.2) is 0 Å². The molecule has 0 radical (unpaired) electrons. The number of ether oxygens (including phenoxy) is 2. The first kappa shape index (κ1) is 13.3. The van der Waals surface area contributed by atoms with Crippen molar-refractivity contribution in [3.63, 3.8) is 0 Å². The molecule has 0 fully saturated rings. The highest BCUT2D eigenvalue weighted by Gasteiger charge is 2.18. The van der Waals surface area contributed by atoms with E-state index in [0.717, 1.165) is 7.11 Å². The maximum absolute atomic E-state index is 12.8. The Kier molecular flexibility index (Phi) is 5.64. The summed E-state index contributed by atoms with van der Waals surface area (Å²) in [5, 5.41) is 9.13. The lowest BCUT2D eigenvalue weighted by Gasteiger charge is -2.18. The van der Waals surface area contributed by atoms with Crippen LogP contribution in [0, 0.1) is 0 Å². The first-order valence-corrected chi connectivity index (χ1v) is 4.45. The van der Waals surface area contributed by atoms with E-state index in [1.54, 1.807) is 0 Å². The predicted octanol–water partition coefficient (Wildman–Crippen LogP) is 1.02. The van der Waals surface area contributed by atoms with Crippen LogP contribution < -0.4 is 0 Å². The molecule has 14 heavy (non-hydrogen) atoms. The molecular weight excluding hydrogens is 191 g/mol. The van der Waals surface area contributed by atoms with Gasteiger partial charge in [-0.05, 0) is 26.7 Å². The second-order valence-corrected chi connectivity index (χ2v) is 3.43. The van der Waals surface area contributed by atoms with Gasteiger partial charge in [-0.2, -0.15) is 0 Å². The van der Waals surface area contributed by atoms with E-state index in [4.69, 9.17) is 9.84 Å². The lowest BCUT2D eigenvalue weighted by molar-refractivity contribution is -0.177. The Balaban J connectivity index is 3.50. The summed E-state index contributed by atoms with van der Waals surface area (Å²) in [4.78, 5) is 10.6. The average Bonchev–Trinajstić information content (AvgIpc) is 2.09. The monoisotopic (exact) mass is 208 g/mol. The second kappa shape index (κ2) is 5.93. The van der Waals surface area contributed by atoms with Gasteiger partial charge in [-0.1, -0.05) is 0 Å². The number of esters is 1. The Morgan fingerprint density at radius 2 is 2.14 bits per heavy atom. The zero-order valence-corrected chi connectivity index (χ0v) is 8.75. The van der Waals surface area contributed by atoms with Crippen LogP contribution in [0.1, 0.15) is 26.7 Å². The predicted molar refractivity (Wildman–Crippen MR) is 48.4 cm³/mol. The van der Waals surface area contributed by atoms with Crippen molar-refractivity contribution in [1.29, 1.82) is 0 Å². The van der Waals surface area contributed by atoms with Crippen LogP contribution >= 0.6 is 0 Å². The summed E-state index contributed by atoms with van der Waals surface area (Å²) in [5.74, 6) is -2.08. The summed E-state index contributed by atoms with van der Waals surface area (Å²) in [5.41, 5.74) is 0. The van der Waals surface area contributed by atoms with E-state index >= 15 is 0 Å². The van der Waals surface area contributed by atoms with Gasteiger partial charge in [-0.15, -0.1) is 0 Å². The number of hydrogen-bond donors (Lipinski definition) is 1. The number of alkyl halides is 1. The summed E-state index contributed by atoms with van der Waals surface area (Å²) in [6.45, 7) is 3.18. The summed E-state index contributed by atoms with van der Waals surface area (Å²) in [6, 6.07) is 0. The molecule has 0 spiro atoms. The van der Waals surface area contributed by atoms with Crippen LogP contribution in [0.4, 0.5) is 4.39 Å². The molecule has 1 N–H and O–H groups in total. The lowest BCUT2D eigenvalue weighted by Crippen LogP contribution is -2.24. The Morgan fingerprint density at radius 1 is 1.57 bits per heavy atom. The summed E-state index contributed by atoms with van der Waals surface area (Å²) < 4.78 is 22.0. The van der Waals surface area contributed by atoms with Crippen LogP contribution in [-0.2, 0) is 14.3 Å². The fraction of sp³-hybridized carbons (Fsp3) is 0.889. The summed E-state index contributed by atoms with van der Waals surface area (Å²) in [6.07, 6.45) is -1.20. The van der Waals surface area contributed by atoms with Crippen molar-refractivity contribution in [2.24, 2.45) is 0 Å². The number of hydrogen-bond acceptors (Lipinski definition) is 4. The van der Waals surface area contributed by atoms with Crippen molar-refractivity contribution in [3.8, 4) is 0 Å². The minimum atomic E-state index is -1.61. The van der Waals surface area contributed by atoms with Crippen molar-refractivity contribution in [2.45, 2.75) is 38.6 Å². The molecule has 1 atom stereocenters. The van der Waals surface area contributed by atoms with Gasteiger partial charge in [-0.3, -0.25) is 0 Å². The standard InChI is InChI=1S/C9H17FO4/c1-9(2,12)14-6-4-5-7(10)8(11)13-3/h7,12H,4-6H2,1-3H3. The third kappa shape index (κ3) is 6.80. The third-order valence-corrected chi connectivity index (χ3v) is 1.51. The van der Waals surface area contributed by atoms with Crippen molar-refractivity contribution in [3.05, 3.63) is 0 Å². The zero-order chi connectivity index (χ0) is 11.2. The fourth-order valence-corrected chi connectivity index (χ4v) is 0.830. The molecule has 0 aromatic carbocycles. The fourth-order valence-electron chi connectivity index (χ4n) is 0.830. The van der Waals surface area contributed by atoms with Gasteiger partial charge in [0.1, 0.15) is 0 Å². The molecule has 0 aliphatic rings. The van der Waals surface area contributed by atoms with E-state index in [1.807, 2.05) is 0 Å². The molecule has 0 heterocycles. The molecule has 0 bridgehead atoms. The Hall–Kier alpha value is -0.680. The van der Waals surface area contributed by atoms with E-state index in [9.17, 15) is 9.18 Å². The van der Waals surface area contributed by atoms with Crippen LogP contribution in [0.3, 0.4) is 0 Å². The molecule has 0 aliphatic carbocycles. The van der Waals surface area contributed by atoms with Crippen molar-refractivity contribution in [1.82, 2.24) is 0 Å². The molecule has 5 heteroatoms. The summed E-state index contributed by atoms with van der Waals surface area (Å²) in [7, 11) is 1.14. The third-order valence-electron chi connectivity index (χ3n) is 1.51. The van der Waals surface area contributed by atoms with Gasteiger partial charge in [-0.25, -0.2) is 9.18 Å². The number of carbonyl (C=O) groups excluding carboxylic acids is 1. The number of carbonyl (C=O) groups is 1. The van der Waals surface area contributed by atoms with Gasteiger partial charge in [0.15, 0.2) is 12.0 Å². The first-order valence-electron chi connectivity index (χ1n) is 4.45. The molecule has 0 aliphatic heterocycles. The zero-order valence-electron chi connectivity index (χ0n) is 8.75. The maximum Gasteiger partial charge on any atom is 0.340 e. The second-order valence-electron chi connectivity index (χ2n) is 3.43. The van der Waals surface area contributed by atoms with Gasteiger partial charge >= 0.3 is 5.97 Å². The quantitative estimate of drug-likeness (QED) is 0.402. The Bertz CT molecular complexity index is 176. The number of rotatable bonds is 6. The topological polar surface area (TPSA) is 55.8 Å². The van der Waals surface area contributed by atoms with Crippen molar-refractivity contribution in [2.75, 3.05) is 13.7 Å². The molecule has 0 rings (SSSR count). The minimum Gasteiger partial charge on any atom is -0.467 e. The first-order chi connectivity index (χ1) is 6.37. The maximum atomic E-state index is 12.8. The molecule has 1 unspecified atom stereocenters. The van der Waals surface area contributed by atoms with Crippen LogP contribution in [0.5, 0.6) is 0 Å². The van der Waals surface area contributed by atoms with E-state index in [2.05, 4.69) is 4.74 Å². The van der Waals surface area contributed by atoms with E-state index in [1.165, 1.54) is 13.8 Å².